The van der Waals surface area contributed by atoms with Gasteiger partial charge in [-0.2, -0.15) is 0 Å². The summed E-state index contributed by atoms with van der Waals surface area (Å²) in [5.74, 6) is -0.0109. The Morgan fingerprint density at radius 2 is 1.74 bits per heavy atom. The predicted molar refractivity (Wildman–Crippen MR) is 129 cm³/mol. The van der Waals surface area contributed by atoms with Gasteiger partial charge in [-0.1, -0.05) is 44.2 Å². The van der Waals surface area contributed by atoms with Crippen LogP contribution in [0.5, 0.6) is 11.5 Å². The fourth-order valence-electron chi connectivity index (χ4n) is 3.59. The minimum absolute atomic E-state index is 0.135. The molecule has 34 heavy (non-hydrogen) atoms. The number of hydrogen-bond acceptors (Lipinski definition) is 6. The Labute approximate surface area is 198 Å². The van der Waals surface area contributed by atoms with Crippen molar-refractivity contribution >= 4 is 22.7 Å². The third-order valence-corrected chi connectivity index (χ3v) is 5.46. The Bertz CT molecular complexity index is 1210. The normalized spacial score (nSPS) is 11.8. The molecule has 0 aliphatic heterocycles. The highest BCUT2D eigenvalue weighted by atomic mass is 16.5. The molecule has 3 rings (SSSR count). The molecule has 0 radical (unpaired) electrons. The van der Waals surface area contributed by atoms with Crippen molar-refractivity contribution in [2.24, 2.45) is 5.92 Å². The van der Waals surface area contributed by atoms with Crippen molar-refractivity contribution in [3.63, 3.8) is 0 Å². The molecule has 9 heteroatoms. The summed E-state index contributed by atoms with van der Waals surface area (Å²) in [6.45, 7) is 3.90. The van der Waals surface area contributed by atoms with Gasteiger partial charge in [0.2, 0.25) is 11.8 Å². The number of ether oxygens (including phenoxy) is 2. The first kappa shape index (κ1) is 24.8. The lowest BCUT2D eigenvalue weighted by Gasteiger charge is -2.22. The van der Waals surface area contributed by atoms with E-state index in [1.165, 1.54) is 31.2 Å². The minimum Gasteiger partial charge on any atom is -0.493 e. The summed E-state index contributed by atoms with van der Waals surface area (Å²) >= 11 is 0. The smallest absolute Gasteiger partial charge is 0.261 e. The van der Waals surface area contributed by atoms with Crippen molar-refractivity contribution in [1.29, 1.82) is 0 Å². The SMILES string of the molecule is COc1cc2ncn(CC(=O)N[C@H](C(=O)NCCc3ccccc3)C(C)C)c(=O)c2cc1OC. The monoisotopic (exact) mass is 466 g/mol. The van der Waals surface area contributed by atoms with Gasteiger partial charge in [-0.15, -0.1) is 0 Å². The zero-order chi connectivity index (χ0) is 24.7. The summed E-state index contributed by atoms with van der Waals surface area (Å²) in [7, 11) is 2.97. The van der Waals surface area contributed by atoms with E-state index in [1.54, 1.807) is 6.07 Å². The standard InChI is InChI=1S/C25H30N4O5/c1-16(2)23(24(31)26-11-10-17-8-6-5-7-9-17)28-22(30)14-29-15-27-19-13-21(34-4)20(33-3)12-18(19)25(29)32/h5-9,12-13,15-16,23H,10-11,14H2,1-4H3,(H,26,31)(H,28,30)/t23-/m0/s1. The molecule has 0 spiro atoms. The van der Waals surface area contributed by atoms with Crippen molar-refractivity contribution in [2.45, 2.75) is 32.9 Å². The number of methoxy groups -OCH3 is 2. The molecule has 1 aromatic heterocycles. The van der Waals surface area contributed by atoms with Crippen molar-refractivity contribution in [3.8, 4) is 11.5 Å². The average molecular weight is 467 g/mol. The lowest BCUT2D eigenvalue weighted by atomic mass is 10.0. The summed E-state index contributed by atoms with van der Waals surface area (Å²) in [6.07, 6.45) is 2.00. The predicted octanol–water partition coefficient (Wildman–Crippen LogP) is 1.91. The third-order valence-electron chi connectivity index (χ3n) is 5.46. The molecule has 2 aromatic carbocycles. The number of fused-ring (bicyclic) bond motifs is 1. The molecule has 0 fully saturated rings. The second-order valence-electron chi connectivity index (χ2n) is 8.22. The molecule has 3 aromatic rings. The molecule has 0 saturated heterocycles. The topological polar surface area (TPSA) is 112 Å². The number of hydrogen-bond donors (Lipinski definition) is 2. The molecule has 2 amide bonds. The summed E-state index contributed by atoms with van der Waals surface area (Å²) < 4.78 is 11.7. The van der Waals surface area contributed by atoms with E-state index in [2.05, 4.69) is 15.6 Å². The van der Waals surface area contributed by atoms with Crippen molar-refractivity contribution in [2.75, 3.05) is 20.8 Å². The lowest BCUT2D eigenvalue weighted by molar-refractivity contribution is -0.130. The van der Waals surface area contributed by atoms with Gasteiger partial charge in [-0.25, -0.2) is 4.98 Å². The number of carbonyl (C=O) groups excluding carboxylic acids is 2. The van der Waals surface area contributed by atoms with Crippen molar-refractivity contribution in [3.05, 3.63) is 64.7 Å². The molecule has 0 saturated carbocycles. The van der Waals surface area contributed by atoms with Crippen LogP contribution in [0.15, 0.2) is 53.6 Å². The Morgan fingerprint density at radius 3 is 2.38 bits per heavy atom. The Kier molecular flexibility index (Phi) is 8.24. The first-order valence-corrected chi connectivity index (χ1v) is 11.1. The average Bonchev–Trinajstić information content (AvgIpc) is 2.84. The van der Waals surface area contributed by atoms with Crippen LogP contribution in [0.25, 0.3) is 10.9 Å². The molecular formula is C25H30N4O5. The summed E-state index contributed by atoms with van der Waals surface area (Å²) in [5.41, 5.74) is 1.15. The summed E-state index contributed by atoms with van der Waals surface area (Å²) in [4.78, 5) is 42.6. The van der Waals surface area contributed by atoms with Gasteiger partial charge in [0.1, 0.15) is 12.6 Å². The second kappa shape index (κ2) is 11.3. The van der Waals surface area contributed by atoms with E-state index in [0.29, 0.717) is 35.4 Å². The lowest BCUT2D eigenvalue weighted by Crippen LogP contribution is -2.51. The van der Waals surface area contributed by atoms with Gasteiger partial charge in [0.25, 0.3) is 5.56 Å². The Balaban J connectivity index is 1.67. The minimum atomic E-state index is -0.725. The van der Waals surface area contributed by atoms with Crippen LogP contribution in [-0.4, -0.2) is 48.2 Å². The van der Waals surface area contributed by atoms with Gasteiger partial charge in [0, 0.05) is 12.6 Å². The van der Waals surface area contributed by atoms with Crippen LogP contribution in [-0.2, 0) is 22.6 Å². The van der Waals surface area contributed by atoms with Crippen LogP contribution in [0.2, 0.25) is 0 Å². The van der Waals surface area contributed by atoms with Crippen molar-refractivity contribution < 1.29 is 19.1 Å². The fraction of sp³-hybridized carbons (Fsp3) is 0.360. The summed E-state index contributed by atoms with van der Waals surface area (Å²) in [5, 5.41) is 5.93. The number of aromatic nitrogens is 2. The van der Waals surface area contributed by atoms with Crippen molar-refractivity contribution in [1.82, 2.24) is 20.2 Å². The molecule has 1 heterocycles. The van der Waals surface area contributed by atoms with Gasteiger partial charge in [-0.3, -0.25) is 19.0 Å². The second-order valence-corrected chi connectivity index (χ2v) is 8.22. The number of amides is 2. The molecule has 0 aliphatic carbocycles. The Morgan fingerprint density at radius 1 is 1.06 bits per heavy atom. The highest BCUT2D eigenvalue weighted by molar-refractivity contribution is 5.88. The van der Waals surface area contributed by atoms with E-state index in [-0.39, 0.29) is 18.4 Å². The highest BCUT2D eigenvalue weighted by Crippen LogP contribution is 2.29. The Hall–Kier alpha value is -3.88. The van der Waals surface area contributed by atoms with Gasteiger partial charge in [0.05, 0.1) is 31.4 Å². The van der Waals surface area contributed by atoms with Crippen LogP contribution in [0.1, 0.15) is 19.4 Å². The number of nitrogens with zero attached hydrogens (tertiary/aromatic N) is 2. The number of carbonyl (C=O) groups is 2. The molecule has 0 aliphatic rings. The van der Waals surface area contributed by atoms with E-state index in [1.807, 2.05) is 44.2 Å². The van der Waals surface area contributed by atoms with Gasteiger partial charge >= 0.3 is 0 Å². The fourth-order valence-corrected chi connectivity index (χ4v) is 3.59. The van der Waals surface area contributed by atoms with E-state index in [4.69, 9.17) is 9.47 Å². The zero-order valence-electron chi connectivity index (χ0n) is 19.8. The van der Waals surface area contributed by atoms with Crippen LogP contribution in [0, 0.1) is 5.92 Å². The quantitative estimate of drug-likeness (QED) is 0.472. The molecule has 9 nitrogen and oxygen atoms in total. The zero-order valence-corrected chi connectivity index (χ0v) is 19.8. The maximum absolute atomic E-state index is 12.9. The molecular weight excluding hydrogens is 436 g/mol. The number of nitrogens with one attached hydrogen (secondary N) is 2. The van der Waals surface area contributed by atoms with Crippen LogP contribution in [0.4, 0.5) is 0 Å². The maximum Gasteiger partial charge on any atom is 0.261 e. The first-order valence-electron chi connectivity index (χ1n) is 11.1. The van der Waals surface area contributed by atoms with Gasteiger partial charge < -0.3 is 20.1 Å². The van der Waals surface area contributed by atoms with E-state index < -0.39 is 17.5 Å². The maximum atomic E-state index is 12.9. The van der Waals surface area contributed by atoms with Crippen LogP contribution < -0.4 is 25.7 Å². The summed E-state index contributed by atoms with van der Waals surface area (Å²) in [6, 6.07) is 12.2. The third kappa shape index (κ3) is 5.92. The van der Waals surface area contributed by atoms with E-state index >= 15 is 0 Å². The van der Waals surface area contributed by atoms with Gasteiger partial charge in [-0.05, 0) is 24.0 Å². The largest absolute Gasteiger partial charge is 0.493 e. The van der Waals surface area contributed by atoms with E-state index in [9.17, 15) is 14.4 Å². The molecule has 180 valence electrons. The van der Waals surface area contributed by atoms with E-state index in [0.717, 1.165) is 5.56 Å². The highest BCUT2D eigenvalue weighted by Gasteiger charge is 2.24. The van der Waals surface area contributed by atoms with Crippen LogP contribution in [0.3, 0.4) is 0 Å². The van der Waals surface area contributed by atoms with Crippen LogP contribution >= 0.6 is 0 Å². The molecule has 1 atom stereocenters. The van der Waals surface area contributed by atoms with Gasteiger partial charge in [0.15, 0.2) is 11.5 Å². The molecule has 0 unspecified atom stereocenters. The number of rotatable bonds is 10. The first-order chi connectivity index (χ1) is 16.3. The molecule has 0 bridgehead atoms. The molecule has 2 N–H and O–H groups in total. The number of benzene rings is 2.